The Kier molecular flexibility index (Phi) is 3.45. The summed E-state index contributed by atoms with van der Waals surface area (Å²) < 4.78 is 0. The van der Waals surface area contributed by atoms with Gasteiger partial charge in [-0.25, -0.2) is 0 Å². The molecule has 1 aliphatic carbocycles. The summed E-state index contributed by atoms with van der Waals surface area (Å²) in [5.41, 5.74) is 0. The Bertz CT molecular complexity index is 177. The zero-order valence-corrected chi connectivity index (χ0v) is 9.63. The summed E-state index contributed by atoms with van der Waals surface area (Å²) in [7, 11) is 4.40. The Morgan fingerprint density at radius 3 is 2.50 bits per heavy atom. The van der Waals surface area contributed by atoms with E-state index in [2.05, 4.69) is 24.3 Å². The molecule has 2 unspecified atom stereocenters. The molecule has 0 amide bonds. The van der Waals surface area contributed by atoms with Gasteiger partial charge in [0, 0.05) is 6.04 Å². The van der Waals surface area contributed by atoms with Crippen molar-refractivity contribution in [1.82, 2.24) is 10.2 Å². The van der Waals surface area contributed by atoms with E-state index in [-0.39, 0.29) is 0 Å². The van der Waals surface area contributed by atoms with Crippen LogP contribution < -0.4 is 5.32 Å². The van der Waals surface area contributed by atoms with Crippen molar-refractivity contribution in [1.29, 1.82) is 0 Å². The number of rotatable bonds is 4. The summed E-state index contributed by atoms with van der Waals surface area (Å²) in [6.07, 6.45) is 7.28. The average Bonchev–Trinajstić information content (AvgIpc) is 2.47. The lowest BCUT2D eigenvalue weighted by molar-refractivity contribution is 0.115. The summed E-state index contributed by atoms with van der Waals surface area (Å²) in [6, 6.07) is 0.868. The van der Waals surface area contributed by atoms with Gasteiger partial charge in [-0.2, -0.15) is 0 Å². The molecule has 1 aliphatic heterocycles. The van der Waals surface area contributed by atoms with Crippen LogP contribution in [-0.4, -0.2) is 38.1 Å². The van der Waals surface area contributed by atoms with E-state index in [0.717, 1.165) is 17.9 Å². The van der Waals surface area contributed by atoms with Gasteiger partial charge in [-0.3, -0.25) is 0 Å². The van der Waals surface area contributed by atoms with Crippen molar-refractivity contribution >= 4 is 0 Å². The predicted molar refractivity (Wildman–Crippen MR) is 60.4 cm³/mol. The molecule has 1 saturated carbocycles. The molecule has 2 nitrogen and oxygen atoms in total. The third-order valence-electron chi connectivity index (χ3n) is 4.27. The van der Waals surface area contributed by atoms with Gasteiger partial charge in [-0.05, 0) is 51.9 Å². The molecule has 0 aromatic carbocycles. The fourth-order valence-corrected chi connectivity index (χ4v) is 3.20. The molecule has 2 aliphatic rings. The van der Waals surface area contributed by atoms with Gasteiger partial charge >= 0.3 is 0 Å². The topological polar surface area (TPSA) is 15.3 Å². The molecule has 0 aromatic heterocycles. The van der Waals surface area contributed by atoms with E-state index in [4.69, 9.17) is 0 Å². The summed E-state index contributed by atoms with van der Waals surface area (Å²) in [4.78, 5) is 2.58. The first-order chi connectivity index (χ1) is 6.83. The lowest BCUT2D eigenvalue weighted by Gasteiger charge is -2.39. The Morgan fingerprint density at radius 1 is 1.29 bits per heavy atom. The number of likely N-dealkylation sites (tertiary alicyclic amines) is 1. The van der Waals surface area contributed by atoms with Gasteiger partial charge < -0.3 is 10.2 Å². The molecule has 2 rings (SSSR count). The van der Waals surface area contributed by atoms with Gasteiger partial charge in [0.1, 0.15) is 0 Å². The summed E-state index contributed by atoms with van der Waals surface area (Å²) in [5, 5.41) is 3.39. The van der Waals surface area contributed by atoms with Crippen LogP contribution in [0.4, 0.5) is 0 Å². The molecular formula is C12H24N2. The lowest BCUT2D eigenvalue weighted by atomic mass is 9.72. The zero-order valence-electron chi connectivity index (χ0n) is 9.63. The fraction of sp³-hybridized carbons (Fsp3) is 1.00. The zero-order chi connectivity index (χ0) is 9.97. The van der Waals surface area contributed by atoms with Crippen molar-refractivity contribution in [3.8, 4) is 0 Å². The molecule has 2 heteroatoms. The average molecular weight is 196 g/mol. The lowest BCUT2D eigenvalue weighted by Crippen LogP contribution is -2.43. The van der Waals surface area contributed by atoms with Crippen molar-refractivity contribution in [3.05, 3.63) is 0 Å². The summed E-state index contributed by atoms with van der Waals surface area (Å²) >= 11 is 0. The minimum atomic E-state index is 0.868. The van der Waals surface area contributed by atoms with Crippen molar-refractivity contribution < 1.29 is 0 Å². The predicted octanol–water partition coefficient (Wildman–Crippen LogP) is 1.72. The summed E-state index contributed by atoms with van der Waals surface area (Å²) in [5.74, 6) is 1.94. The van der Waals surface area contributed by atoms with Crippen LogP contribution in [0.2, 0.25) is 0 Å². The molecule has 2 fully saturated rings. The van der Waals surface area contributed by atoms with E-state index in [1.54, 1.807) is 0 Å². The van der Waals surface area contributed by atoms with E-state index in [9.17, 15) is 0 Å². The second-order valence-electron chi connectivity index (χ2n) is 5.10. The van der Waals surface area contributed by atoms with Crippen LogP contribution in [0.5, 0.6) is 0 Å². The largest absolute Gasteiger partial charge is 0.319 e. The molecule has 0 spiro atoms. The maximum absolute atomic E-state index is 3.39. The number of hydrogen-bond donors (Lipinski definition) is 1. The second kappa shape index (κ2) is 4.63. The molecular weight excluding hydrogens is 172 g/mol. The Morgan fingerprint density at radius 2 is 2.07 bits per heavy atom. The van der Waals surface area contributed by atoms with E-state index >= 15 is 0 Å². The van der Waals surface area contributed by atoms with E-state index in [1.807, 2.05) is 0 Å². The van der Waals surface area contributed by atoms with Crippen LogP contribution in [0.15, 0.2) is 0 Å². The number of nitrogens with zero attached hydrogens (tertiary/aromatic N) is 1. The maximum Gasteiger partial charge on any atom is 0.0136 e. The third-order valence-corrected chi connectivity index (χ3v) is 4.27. The SMILES string of the molecule is CNCC(C1CCC1)C1CCCN1C. The normalized spacial score (nSPS) is 31.7. The van der Waals surface area contributed by atoms with Crippen LogP contribution in [-0.2, 0) is 0 Å². The molecule has 1 heterocycles. The number of nitrogens with one attached hydrogen (secondary N) is 1. The quantitative estimate of drug-likeness (QED) is 0.736. The van der Waals surface area contributed by atoms with Gasteiger partial charge in [0.05, 0.1) is 0 Å². The van der Waals surface area contributed by atoms with Gasteiger partial charge in [0.25, 0.3) is 0 Å². The molecule has 82 valence electrons. The van der Waals surface area contributed by atoms with Crippen LogP contribution in [0.3, 0.4) is 0 Å². The Hall–Kier alpha value is -0.0800. The van der Waals surface area contributed by atoms with Gasteiger partial charge in [0.2, 0.25) is 0 Å². The maximum atomic E-state index is 3.39. The second-order valence-corrected chi connectivity index (χ2v) is 5.10. The molecule has 0 bridgehead atoms. The van der Waals surface area contributed by atoms with Crippen molar-refractivity contribution in [2.24, 2.45) is 11.8 Å². The minimum Gasteiger partial charge on any atom is -0.319 e. The highest BCUT2D eigenvalue weighted by Gasteiger charge is 2.36. The first kappa shape index (κ1) is 10.4. The van der Waals surface area contributed by atoms with Gasteiger partial charge in [0.15, 0.2) is 0 Å². The van der Waals surface area contributed by atoms with Crippen LogP contribution in [0, 0.1) is 11.8 Å². The third kappa shape index (κ3) is 1.96. The molecule has 2 atom stereocenters. The minimum absolute atomic E-state index is 0.868. The van der Waals surface area contributed by atoms with E-state index in [0.29, 0.717) is 0 Å². The molecule has 14 heavy (non-hydrogen) atoms. The highest BCUT2D eigenvalue weighted by atomic mass is 15.2. The number of hydrogen-bond acceptors (Lipinski definition) is 2. The van der Waals surface area contributed by atoms with Crippen molar-refractivity contribution in [2.75, 3.05) is 27.2 Å². The van der Waals surface area contributed by atoms with Crippen LogP contribution >= 0.6 is 0 Å². The molecule has 0 radical (unpaired) electrons. The summed E-state index contributed by atoms with van der Waals surface area (Å²) in [6.45, 7) is 2.54. The van der Waals surface area contributed by atoms with E-state index in [1.165, 1.54) is 45.2 Å². The standard InChI is InChI=1S/C12H24N2/c1-13-9-11(10-5-3-6-10)12-7-4-8-14(12)2/h10-13H,3-9H2,1-2H3. The Balaban J connectivity index is 1.93. The van der Waals surface area contributed by atoms with Gasteiger partial charge in [-0.15, -0.1) is 0 Å². The first-order valence-electron chi connectivity index (χ1n) is 6.17. The van der Waals surface area contributed by atoms with Crippen LogP contribution in [0.25, 0.3) is 0 Å². The van der Waals surface area contributed by atoms with Gasteiger partial charge in [-0.1, -0.05) is 19.3 Å². The molecule has 1 saturated heterocycles. The van der Waals surface area contributed by atoms with Crippen LogP contribution in [0.1, 0.15) is 32.1 Å². The molecule has 1 N–H and O–H groups in total. The van der Waals surface area contributed by atoms with Crippen molar-refractivity contribution in [2.45, 2.75) is 38.1 Å². The first-order valence-corrected chi connectivity index (χ1v) is 6.17. The monoisotopic (exact) mass is 196 g/mol. The van der Waals surface area contributed by atoms with Crippen molar-refractivity contribution in [3.63, 3.8) is 0 Å². The smallest absolute Gasteiger partial charge is 0.0136 e. The molecule has 0 aromatic rings. The highest BCUT2D eigenvalue weighted by Crippen LogP contribution is 2.38. The highest BCUT2D eigenvalue weighted by molar-refractivity contribution is 4.90. The van der Waals surface area contributed by atoms with E-state index < -0.39 is 0 Å². The fourth-order valence-electron chi connectivity index (χ4n) is 3.20. The Labute approximate surface area is 88.1 Å².